The lowest BCUT2D eigenvalue weighted by molar-refractivity contribution is 0.600. The lowest BCUT2D eigenvalue weighted by Crippen LogP contribution is -2.14. The third kappa shape index (κ3) is 3.14. The lowest BCUT2D eigenvalue weighted by Gasteiger charge is -2.08. The second kappa shape index (κ2) is 5.10. The maximum atomic E-state index is 12.1. The highest BCUT2D eigenvalue weighted by Gasteiger charge is 2.12. The SMILES string of the molecule is O=c1[nH]c2ccc(NS(=O)(=O)Cc3ccccc3)cc2[nH]1. The summed E-state index contributed by atoms with van der Waals surface area (Å²) in [6.07, 6.45) is 0. The van der Waals surface area contributed by atoms with E-state index in [2.05, 4.69) is 14.7 Å². The highest BCUT2D eigenvalue weighted by Crippen LogP contribution is 2.17. The van der Waals surface area contributed by atoms with Crippen LogP contribution in [0, 0.1) is 0 Å². The summed E-state index contributed by atoms with van der Waals surface area (Å²) in [5, 5.41) is 0. The molecule has 0 radical (unpaired) electrons. The Hall–Kier alpha value is -2.54. The topological polar surface area (TPSA) is 94.8 Å². The van der Waals surface area contributed by atoms with Gasteiger partial charge in [0.1, 0.15) is 0 Å². The summed E-state index contributed by atoms with van der Waals surface area (Å²) < 4.78 is 26.7. The van der Waals surface area contributed by atoms with E-state index in [-0.39, 0.29) is 11.4 Å². The fourth-order valence-corrected chi connectivity index (χ4v) is 3.29. The summed E-state index contributed by atoms with van der Waals surface area (Å²) in [5.74, 6) is -0.102. The Kier molecular flexibility index (Phi) is 3.26. The van der Waals surface area contributed by atoms with Gasteiger partial charge in [0, 0.05) is 0 Å². The molecule has 108 valence electrons. The zero-order valence-electron chi connectivity index (χ0n) is 11.0. The number of nitrogens with one attached hydrogen (secondary N) is 3. The summed E-state index contributed by atoms with van der Waals surface area (Å²) in [6, 6.07) is 13.8. The van der Waals surface area contributed by atoms with Crippen molar-refractivity contribution in [1.82, 2.24) is 9.97 Å². The quantitative estimate of drug-likeness (QED) is 0.686. The number of hydrogen-bond acceptors (Lipinski definition) is 3. The Morgan fingerprint density at radius 1 is 0.952 bits per heavy atom. The van der Waals surface area contributed by atoms with Crippen molar-refractivity contribution in [2.75, 3.05) is 4.72 Å². The van der Waals surface area contributed by atoms with Crippen molar-refractivity contribution in [1.29, 1.82) is 0 Å². The van der Waals surface area contributed by atoms with Gasteiger partial charge in [0.15, 0.2) is 0 Å². The Morgan fingerprint density at radius 2 is 1.67 bits per heavy atom. The Bertz CT molecular complexity index is 927. The number of aromatic nitrogens is 2. The van der Waals surface area contributed by atoms with Crippen molar-refractivity contribution in [3.8, 4) is 0 Å². The fourth-order valence-electron chi connectivity index (χ4n) is 2.11. The molecule has 0 saturated heterocycles. The number of anilines is 1. The molecule has 1 heterocycles. The number of benzene rings is 2. The van der Waals surface area contributed by atoms with E-state index in [0.717, 1.165) is 0 Å². The van der Waals surface area contributed by atoms with E-state index in [1.165, 1.54) is 0 Å². The van der Waals surface area contributed by atoms with E-state index in [1.54, 1.807) is 42.5 Å². The molecule has 3 N–H and O–H groups in total. The summed E-state index contributed by atoms with van der Waals surface area (Å²) in [6.45, 7) is 0. The van der Waals surface area contributed by atoms with Crippen molar-refractivity contribution in [3.63, 3.8) is 0 Å². The zero-order chi connectivity index (χ0) is 14.9. The van der Waals surface area contributed by atoms with E-state index in [4.69, 9.17) is 0 Å². The van der Waals surface area contributed by atoms with Gasteiger partial charge in [-0.15, -0.1) is 0 Å². The van der Waals surface area contributed by atoms with Crippen molar-refractivity contribution in [2.24, 2.45) is 0 Å². The highest BCUT2D eigenvalue weighted by atomic mass is 32.2. The summed E-state index contributed by atoms with van der Waals surface area (Å²) in [4.78, 5) is 16.4. The minimum absolute atomic E-state index is 0.102. The first-order chi connectivity index (χ1) is 10.0. The first-order valence-corrected chi connectivity index (χ1v) is 7.93. The molecule has 0 saturated carbocycles. The highest BCUT2D eigenvalue weighted by molar-refractivity contribution is 7.91. The Balaban J connectivity index is 1.84. The summed E-state index contributed by atoms with van der Waals surface area (Å²) in [7, 11) is -3.50. The molecule has 0 amide bonds. The molecule has 0 bridgehead atoms. The number of fused-ring (bicyclic) bond motifs is 1. The summed E-state index contributed by atoms with van der Waals surface area (Å²) in [5.41, 5.74) is 1.98. The van der Waals surface area contributed by atoms with Crippen LogP contribution in [0.1, 0.15) is 5.56 Å². The summed E-state index contributed by atoms with van der Waals surface area (Å²) >= 11 is 0. The van der Waals surface area contributed by atoms with Crippen LogP contribution in [0.2, 0.25) is 0 Å². The Morgan fingerprint density at radius 3 is 2.43 bits per heavy atom. The van der Waals surface area contributed by atoms with Crippen molar-refractivity contribution in [2.45, 2.75) is 5.75 Å². The van der Waals surface area contributed by atoms with Gasteiger partial charge < -0.3 is 9.97 Å². The fraction of sp³-hybridized carbons (Fsp3) is 0.0714. The first kappa shape index (κ1) is 13.4. The molecule has 2 aromatic carbocycles. The number of imidazole rings is 1. The van der Waals surface area contributed by atoms with Crippen LogP contribution in [0.15, 0.2) is 53.3 Å². The van der Waals surface area contributed by atoms with Gasteiger partial charge >= 0.3 is 5.69 Å². The van der Waals surface area contributed by atoms with Crippen LogP contribution in [0.4, 0.5) is 5.69 Å². The van der Waals surface area contributed by atoms with Crippen molar-refractivity contribution in [3.05, 3.63) is 64.6 Å². The molecule has 0 fully saturated rings. The van der Waals surface area contributed by atoms with Crippen molar-refractivity contribution < 1.29 is 8.42 Å². The molecular formula is C14H13N3O3S. The van der Waals surface area contributed by atoms with Crippen LogP contribution in [0.5, 0.6) is 0 Å². The molecule has 0 aliphatic rings. The van der Waals surface area contributed by atoms with Gasteiger partial charge in [-0.1, -0.05) is 30.3 Å². The van der Waals surface area contributed by atoms with E-state index < -0.39 is 10.0 Å². The second-order valence-corrected chi connectivity index (χ2v) is 6.41. The average Bonchev–Trinajstić information content (AvgIpc) is 2.78. The molecule has 3 rings (SSSR count). The number of H-pyrrole nitrogens is 2. The molecule has 3 aromatic rings. The van der Waals surface area contributed by atoms with E-state index in [9.17, 15) is 13.2 Å². The lowest BCUT2D eigenvalue weighted by atomic mass is 10.2. The van der Waals surface area contributed by atoms with Gasteiger partial charge in [0.2, 0.25) is 10.0 Å². The third-order valence-electron chi connectivity index (χ3n) is 2.99. The van der Waals surface area contributed by atoms with Crippen LogP contribution in [-0.4, -0.2) is 18.4 Å². The monoisotopic (exact) mass is 303 g/mol. The maximum absolute atomic E-state index is 12.1. The smallest absolute Gasteiger partial charge is 0.306 e. The molecular weight excluding hydrogens is 290 g/mol. The first-order valence-electron chi connectivity index (χ1n) is 6.28. The normalized spacial score (nSPS) is 11.6. The van der Waals surface area contributed by atoms with Gasteiger partial charge in [0.25, 0.3) is 0 Å². The van der Waals surface area contributed by atoms with E-state index in [0.29, 0.717) is 22.3 Å². The van der Waals surface area contributed by atoms with Crippen LogP contribution in [0.3, 0.4) is 0 Å². The predicted octanol–water partition coefficient (Wildman–Crippen LogP) is 1.80. The molecule has 7 heteroatoms. The van der Waals surface area contributed by atoms with Crippen LogP contribution in [-0.2, 0) is 15.8 Å². The minimum Gasteiger partial charge on any atom is -0.306 e. The van der Waals surface area contributed by atoms with Gasteiger partial charge in [0.05, 0.1) is 22.5 Å². The third-order valence-corrected chi connectivity index (χ3v) is 4.25. The molecule has 1 aromatic heterocycles. The van der Waals surface area contributed by atoms with E-state index >= 15 is 0 Å². The van der Waals surface area contributed by atoms with Crippen molar-refractivity contribution >= 4 is 26.7 Å². The van der Waals surface area contributed by atoms with E-state index in [1.807, 2.05) is 6.07 Å². The van der Waals surface area contributed by atoms with Gasteiger partial charge in [-0.05, 0) is 23.8 Å². The molecule has 0 spiro atoms. The molecule has 0 aliphatic carbocycles. The molecule has 0 atom stereocenters. The number of sulfonamides is 1. The maximum Gasteiger partial charge on any atom is 0.323 e. The average molecular weight is 303 g/mol. The van der Waals surface area contributed by atoms with Gasteiger partial charge in [-0.2, -0.15) is 0 Å². The largest absolute Gasteiger partial charge is 0.323 e. The number of hydrogen-bond donors (Lipinski definition) is 3. The standard InChI is InChI=1S/C14H13N3O3S/c18-14-15-12-7-6-11(8-13(12)16-14)17-21(19,20)9-10-4-2-1-3-5-10/h1-8,17H,9H2,(H2,15,16,18). The van der Waals surface area contributed by atoms with Gasteiger partial charge in [-0.25, -0.2) is 13.2 Å². The number of rotatable bonds is 4. The zero-order valence-corrected chi connectivity index (χ0v) is 11.8. The molecule has 21 heavy (non-hydrogen) atoms. The molecule has 0 aliphatic heterocycles. The number of aromatic amines is 2. The van der Waals surface area contributed by atoms with Crippen LogP contribution >= 0.6 is 0 Å². The van der Waals surface area contributed by atoms with Crippen LogP contribution < -0.4 is 10.4 Å². The molecule has 0 unspecified atom stereocenters. The minimum atomic E-state index is -3.50. The molecule has 6 nitrogen and oxygen atoms in total. The second-order valence-electron chi connectivity index (χ2n) is 4.69. The predicted molar refractivity (Wildman–Crippen MR) is 81.6 cm³/mol. The van der Waals surface area contributed by atoms with Crippen LogP contribution in [0.25, 0.3) is 11.0 Å². The van der Waals surface area contributed by atoms with Gasteiger partial charge in [-0.3, -0.25) is 4.72 Å². The Labute approximate surface area is 120 Å².